The fraction of sp³-hybridized carbons (Fsp3) is 0.138. The summed E-state index contributed by atoms with van der Waals surface area (Å²) in [5, 5.41) is 8.95. The molecular formula is C58H48N2O2. The topological polar surface area (TPSA) is 32.8 Å². The Morgan fingerprint density at radius 1 is 0.387 bits per heavy atom. The molecule has 0 bridgehead atoms. The summed E-state index contributed by atoms with van der Waals surface area (Å²) >= 11 is 0. The van der Waals surface area contributed by atoms with Gasteiger partial charge in [0.2, 0.25) is 0 Å². The third kappa shape index (κ3) is 6.04. The number of rotatable bonds is 6. The van der Waals surface area contributed by atoms with Crippen molar-refractivity contribution in [3.8, 4) is 0 Å². The van der Waals surface area contributed by atoms with Gasteiger partial charge in [0.05, 0.1) is 0 Å². The van der Waals surface area contributed by atoms with E-state index in [-0.39, 0.29) is 5.41 Å². The molecule has 4 heteroatoms. The van der Waals surface area contributed by atoms with Gasteiger partial charge in [0.25, 0.3) is 0 Å². The van der Waals surface area contributed by atoms with Crippen LogP contribution in [0.1, 0.15) is 48.6 Å². The van der Waals surface area contributed by atoms with E-state index in [9.17, 15) is 0 Å². The average molecular weight is 805 g/mol. The van der Waals surface area contributed by atoms with Crippen molar-refractivity contribution in [2.24, 2.45) is 0 Å². The van der Waals surface area contributed by atoms with E-state index in [1.165, 1.54) is 33.6 Å². The standard InChI is InChI=1S/C58H48N2O2/c1-35-16-14-22-50(37(35)3)59(43-18-10-8-11-19-43)45-26-24-39-30-47-48-34-54-55(56(58(5,6)7)57(48)62-52(47)32-41(39)28-45)49-31-40-25-27-46(29-42(40)33-53(49)61-54)60(44-20-12-9-13-21-44)51-23-15-17-36(2)38(51)4/h8-34H,1-7H3. The molecule has 0 aliphatic carbocycles. The number of aryl methyl sites for hydroxylation is 2. The Bertz CT molecular complexity index is 3440. The molecule has 302 valence electrons. The third-order valence-corrected chi connectivity index (χ3v) is 13.0. The molecule has 0 saturated heterocycles. The summed E-state index contributed by atoms with van der Waals surface area (Å²) in [5.41, 5.74) is 16.3. The number of nitrogens with zero attached hydrogens (tertiary/aromatic N) is 2. The molecule has 0 aliphatic rings. The van der Waals surface area contributed by atoms with E-state index in [1.807, 2.05) is 0 Å². The zero-order chi connectivity index (χ0) is 42.4. The minimum absolute atomic E-state index is 0.239. The molecule has 0 aliphatic heterocycles. The maximum atomic E-state index is 7.02. The van der Waals surface area contributed by atoms with E-state index in [1.54, 1.807) is 0 Å². The lowest BCUT2D eigenvalue weighted by atomic mass is 9.82. The highest BCUT2D eigenvalue weighted by Crippen LogP contribution is 2.47. The molecule has 0 fully saturated rings. The van der Waals surface area contributed by atoms with E-state index in [4.69, 9.17) is 8.83 Å². The van der Waals surface area contributed by atoms with Crippen molar-refractivity contribution in [1.29, 1.82) is 0 Å². The summed E-state index contributed by atoms with van der Waals surface area (Å²) in [6.07, 6.45) is 0. The smallest absolute Gasteiger partial charge is 0.140 e. The lowest BCUT2D eigenvalue weighted by Crippen LogP contribution is -2.12. The third-order valence-electron chi connectivity index (χ3n) is 13.0. The average Bonchev–Trinajstić information content (AvgIpc) is 3.80. The van der Waals surface area contributed by atoms with Crippen molar-refractivity contribution < 1.29 is 8.83 Å². The van der Waals surface area contributed by atoms with Gasteiger partial charge in [-0.15, -0.1) is 0 Å². The summed E-state index contributed by atoms with van der Waals surface area (Å²) in [6, 6.07) is 59.1. The second-order valence-electron chi connectivity index (χ2n) is 18.0. The molecule has 0 atom stereocenters. The van der Waals surface area contributed by atoms with Gasteiger partial charge in [0, 0.05) is 61.2 Å². The predicted octanol–water partition coefficient (Wildman–Crippen LogP) is 17.3. The minimum atomic E-state index is -0.239. The van der Waals surface area contributed by atoms with Crippen molar-refractivity contribution >= 4 is 99.5 Å². The van der Waals surface area contributed by atoms with Crippen LogP contribution in [0.4, 0.5) is 34.1 Å². The van der Waals surface area contributed by atoms with Crippen LogP contribution in [0.25, 0.3) is 65.4 Å². The minimum Gasteiger partial charge on any atom is -0.456 e. The van der Waals surface area contributed by atoms with Gasteiger partial charge in [0.1, 0.15) is 22.3 Å². The fourth-order valence-electron chi connectivity index (χ4n) is 9.58. The first-order valence-corrected chi connectivity index (χ1v) is 21.6. The molecule has 0 radical (unpaired) electrons. The van der Waals surface area contributed by atoms with Crippen LogP contribution in [0.3, 0.4) is 0 Å². The molecule has 4 nitrogen and oxygen atoms in total. The number of anilines is 6. The largest absolute Gasteiger partial charge is 0.456 e. The molecule has 2 aromatic heterocycles. The second-order valence-corrected chi connectivity index (χ2v) is 18.0. The number of fused-ring (bicyclic) bond motifs is 8. The lowest BCUT2D eigenvalue weighted by molar-refractivity contribution is 0.577. The van der Waals surface area contributed by atoms with Gasteiger partial charge in [-0.25, -0.2) is 0 Å². The highest BCUT2D eigenvalue weighted by molar-refractivity contribution is 6.20. The summed E-state index contributed by atoms with van der Waals surface area (Å²) in [5.74, 6) is 0. The van der Waals surface area contributed by atoms with Crippen molar-refractivity contribution in [1.82, 2.24) is 0 Å². The molecule has 0 saturated carbocycles. The van der Waals surface area contributed by atoms with Gasteiger partial charge >= 0.3 is 0 Å². The Balaban J connectivity index is 1.07. The molecule has 0 amide bonds. The number of hydrogen-bond acceptors (Lipinski definition) is 4. The van der Waals surface area contributed by atoms with Crippen molar-refractivity contribution in [3.63, 3.8) is 0 Å². The molecule has 11 rings (SSSR count). The molecule has 62 heavy (non-hydrogen) atoms. The Morgan fingerprint density at radius 2 is 0.887 bits per heavy atom. The number of furan rings is 2. The zero-order valence-electron chi connectivity index (χ0n) is 36.3. The van der Waals surface area contributed by atoms with E-state index >= 15 is 0 Å². The van der Waals surface area contributed by atoms with Crippen LogP contribution in [-0.4, -0.2) is 0 Å². The van der Waals surface area contributed by atoms with Crippen molar-refractivity contribution in [2.75, 3.05) is 9.80 Å². The van der Waals surface area contributed by atoms with Gasteiger partial charge < -0.3 is 18.6 Å². The van der Waals surface area contributed by atoms with Gasteiger partial charge in [-0.1, -0.05) is 93.6 Å². The molecule has 0 spiro atoms. The summed E-state index contributed by atoms with van der Waals surface area (Å²) < 4.78 is 13.9. The summed E-state index contributed by atoms with van der Waals surface area (Å²) in [7, 11) is 0. The van der Waals surface area contributed by atoms with Gasteiger partial charge in [-0.05, 0) is 168 Å². The number of benzene rings is 9. The van der Waals surface area contributed by atoms with Crippen LogP contribution < -0.4 is 9.80 Å². The first-order valence-electron chi connectivity index (χ1n) is 21.6. The zero-order valence-corrected chi connectivity index (χ0v) is 36.3. The highest BCUT2D eigenvalue weighted by Gasteiger charge is 2.28. The molecule has 0 N–H and O–H groups in total. The van der Waals surface area contributed by atoms with Crippen LogP contribution in [0.2, 0.25) is 0 Å². The fourth-order valence-corrected chi connectivity index (χ4v) is 9.58. The highest BCUT2D eigenvalue weighted by atomic mass is 16.3. The number of hydrogen-bond donors (Lipinski definition) is 0. The second kappa shape index (κ2) is 14.1. The Kier molecular flexibility index (Phi) is 8.59. The predicted molar refractivity (Wildman–Crippen MR) is 263 cm³/mol. The summed E-state index contributed by atoms with van der Waals surface area (Å²) in [4.78, 5) is 4.72. The van der Waals surface area contributed by atoms with E-state index in [0.29, 0.717) is 0 Å². The molecule has 11 aromatic rings. The molecule has 9 aromatic carbocycles. The molecule has 0 unspecified atom stereocenters. The molecule has 2 heterocycles. The van der Waals surface area contributed by atoms with Crippen LogP contribution in [-0.2, 0) is 5.41 Å². The Morgan fingerprint density at radius 3 is 1.40 bits per heavy atom. The first kappa shape index (κ1) is 37.7. The Labute approximate surface area is 362 Å². The Hall–Kier alpha value is -7.30. The number of para-hydroxylation sites is 2. The quantitative estimate of drug-likeness (QED) is 0.168. The van der Waals surface area contributed by atoms with Crippen molar-refractivity contribution in [3.05, 3.63) is 192 Å². The summed E-state index contributed by atoms with van der Waals surface area (Å²) in [6.45, 7) is 15.6. The monoisotopic (exact) mass is 804 g/mol. The van der Waals surface area contributed by atoms with Gasteiger partial charge in [0.15, 0.2) is 0 Å². The SMILES string of the molecule is Cc1cccc(N(c2ccccc2)c2ccc3cc4c(cc3c2)oc2c(C(C)(C)C)c3c(cc24)oc2cc4cc(N(c5ccccc5)c5cccc(C)c5C)ccc4cc23)c1C. The molecular weight excluding hydrogens is 757 g/mol. The normalized spacial score (nSPS) is 12.1. The van der Waals surface area contributed by atoms with E-state index in [0.717, 1.165) is 93.7 Å². The van der Waals surface area contributed by atoms with E-state index in [2.05, 4.69) is 222 Å². The van der Waals surface area contributed by atoms with Crippen molar-refractivity contribution in [2.45, 2.75) is 53.9 Å². The maximum Gasteiger partial charge on any atom is 0.140 e. The maximum absolute atomic E-state index is 7.02. The van der Waals surface area contributed by atoms with Crippen LogP contribution in [0.15, 0.2) is 173 Å². The van der Waals surface area contributed by atoms with Crippen LogP contribution in [0, 0.1) is 27.7 Å². The van der Waals surface area contributed by atoms with E-state index < -0.39 is 0 Å². The van der Waals surface area contributed by atoms with Crippen LogP contribution in [0.5, 0.6) is 0 Å². The van der Waals surface area contributed by atoms with Gasteiger partial charge in [-0.2, -0.15) is 0 Å². The van der Waals surface area contributed by atoms with Gasteiger partial charge in [-0.3, -0.25) is 0 Å². The lowest BCUT2D eigenvalue weighted by Gasteiger charge is -2.28. The first-order chi connectivity index (χ1) is 30.0. The van der Waals surface area contributed by atoms with Crippen LogP contribution >= 0.6 is 0 Å².